The molecule has 0 aliphatic heterocycles. The van der Waals surface area contributed by atoms with Crippen LogP contribution in [-0.2, 0) is 9.53 Å². The maximum absolute atomic E-state index is 11.3. The van der Waals surface area contributed by atoms with E-state index >= 15 is 0 Å². The summed E-state index contributed by atoms with van der Waals surface area (Å²) in [6.45, 7) is 6.58. The lowest BCUT2D eigenvalue weighted by molar-refractivity contribution is -0.136. The standard InChI is InChI=1S/C11H18O2/c1-7-5-10(11(12)13-4)6-8(2)9(7)3/h5,7-9H,6H2,1-4H3/t7-,8?,9-/m1/s1. The Hall–Kier alpha value is -0.790. The summed E-state index contributed by atoms with van der Waals surface area (Å²) in [5.74, 6) is 1.56. The fourth-order valence-corrected chi connectivity index (χ4v) is 1.87. The number of ether oxygens (including phenoxy) is 1. The summed E-state index contributed by atoms with van der Waals surface area (Å²) in [5.41, 5.74) is 0.848. The molecular formula is C11H18O2. The highest BCUT2D eigenvalue weighted by Gasteiger charge is 2.27. The molecule has 0 spiro atoms. The van der Waals surface area contributed by atoms with E-state index in [0.29, 0.717) is 17.8 Å². The molecule has 2 heteroatoms. The van der Waals surface area contributed by atoms with Gasteiger partial charge < -0.3 is 4.74 Å². The van der Waals surface area contributed by atoms with Crippen molar-refractivity contribution >= 4 is 5.97 Å². The van der Waals surface area contributed by atoms with Gasteiger partial charge in [0.15, 0.2) is 0 Å². The molecule has 1 aliphatic rings. The molecule has 1 aliphatic carbocycles. The van der Waals surface area contributed by atoms with Crippen LogP contribution in [-0.4, -0.2) is 13.1 Å². The molecule has 74 valence electrons. The normalized spacial score (nSPS) is 33.8. The van der Waals surface area contributed by atoms with E-state index in [1.165, 1.54) is 7.11 Å². The molecule has 1 rings (SSSR count). The molecule has 0 fully saturated rings. The van der Waals surface area contributed by atoms with Crippen LogP contribution < -0.4 is 0 Å². The Morgan fingerprint density at radius 1 is 1.46 bits per heavy atom. The number of hydrogen-bond donors (Lipinski definition) is 0. The third-order valence-corrected chi connectivity index (χ3v) is 3.18. The lowest BCUT2D eigenvalue weighted by atomic mass is 9.76. The second-order valence-corrected chi connectivity index (χ2v) is 4.08. The molecular weight excluding hydrogens is 164 g/mol. The number of rotatable bonds is 1. The minimum absolute atomic E-state index is 0.161. The molecule has 0 bridgehead atoms. The molecule has 0 aromatic carbocycles. The highest BCUT2D eigenvalue weighted by Crippen LogP contribution is 2.33. The van der Waals surface area contributed by atoms with Crippen molar-refractivity contribution in [3.05, 3.63) is 11.6 Å². The first-order chi connectivity index (χ1) is 6.06. The van der Waals surface area contributed by atoms with E-state index < -0.39 is 0 Å². The van der Waals surface area contributed by atoms with Gasteiger partial charge in [0.05, 0.1) is 7.11 Å². The van der Waals surface area contributed by atoms with Crippen molar-refractivity contribution in [1.82, 2.24) is 0 Å². The van der Waals surface area contributed by atoms with Gasteiger partial charge in [-0.15, -0.1) is 0 Å². The predicted octanol–water partition coefficient (Wildman–Crippen LogP) is 2.40. The van der Waals surface area contributed by atoms with Crippen LogP contribution in [0.15, 0.2) is 11.6 Å². The van der Waals surface area contributed by atoms with E-state index in [4.69, 9.17) is 4.74 Å². The topological polar surface area (TPSA) is 26.3 Å². The van der Waals surface area contributed by atoms with Crippen molar-refractivity contribution in [2.45, 2.75) is 27.2 Å². The Labute approximate surface area is 80.0 Å². The summed E-state index contributed by atoms with van der Waals surface area (Å²) in [7, 11) is 1.44. The molecule has 0 aromatic rings. The Balaban J connectivity index is 2.78. The van der Waals surface area contributed by atoms with Crippen LogP contribution in [0.5, 0.6) is 0 Å². The molecule has 0 aromatic heterocycles. The van der Waals surface area contributed by atoms with Crippen molar-refractivity contribution < 1.29 is 9.53 Å². The number of esters is 1. The van der Waals surface area contributed by atoms with Gasteiger partial charge in [0.25, 0.3) is 0 Å². The van der Waals surface area contributed by atoms with Crippen LogP contribution in [0.2, 0.25) is 0 Å². The zero-order valence-corrected chi connectivity index (χ0v) is 8.83. The van der Waals surface area contributed by atoms with Gasteiger partial charge in [-0.1, -0.05) is 26.8 Å². The first-order valence-electron chi connectivity index (χ1n) is 4.85. The van der Waals surface area contributed by atoms with Crippen LogP contribution in [0, 0.1) is 17.8 Å². The molecule has 0 heterocycles. The van der Waals surface area contributed by atoms with E-state index in [1.807, 2.05) is 0 Å². The van der Waals surface area contributed by atoms with Crippen LogP contribution in [0.4, 0.5) is 0 Å². The number of methoxy groups -OCH3 is 1. The maximum atomic E-state index is 11.3. The molecule has 0 radical (unpaired) electrons. The maximum Gasteiger partial charge on any atom is 0.333 e. The van der Waals surface area contributed by atoms with Crippen LogP contribution in [0.3, 0.4) is 0 Å². The number of carbonyl (C=O) groups excluding carboxylic acids is 1. The Kier molecular flexibility index (Phi) is 3.12. The van der Waals surface area contributed by atoms with E-state index in [-0.39, 0.29) is 5.97 Å². The Bertz CT molecular complexity index is 230. The summed E-state index contributed by atoms with van der Waals surface area (Å²) in [4.78, 5) is 11.3. The fraction of sp³-hybridized carbons (Fsp3) is 0.727. The van der Waals surface area contributed by atoms with Crippen molar-refractivity contribution in [2.75, 3.05) is 7.11 Å². The third kappa shape index (κ3) is 2.11. The summed E-state index contributed by atoms with van der Waals surface area (Å²) >= 11 is 0. The van der Waals surface area contributed by atoms with Crippen LogP contribution in [0.1, 0.15) is 27.2 Å². The highest BCUT2D eigenvalue weighted by atomic mass is 16.5. The van der Waals surface area contributed by atoms with E-state index in [0.717, 1.165) is 12.0 Å². The lowest BCUT2D eigenvalue weighted by Crippen LogP contribution is -2.24. The Morgan fingerprint density at radius 2 is 2.08 bits per heavy atom. The van der Waals surface area contributed by atoms with Crippen LogP contribution >= 0.6 is 0 Å². The molecule has 1 unspecified atom stereocenters. The van der Waals surface area contributed by atoms with Gasteiger partial charge in [0, 0.05) is 5.57 Å². The number of hydrogen-bond acceptors (Lipinski definition) is 2. The van der Waals surface area contributed by atoms with Gasteiger partial charge in [-0.05, 0) is 24.2 Å². The largest absolute Gasteiger partial charge is 0.466 e. The second kappa shape index (κ2) is 3.95. The average molecular weight is 182 g/mol. The van der Waals surface area contributed by atoms with Gasteiger partial charge in [-0.25, -0.2) is 4.79 Å². The average Bonchev–Trinajstić information content (AvgIpc) is 2.12. The minimum atomic E-state index is -0.161. The van der Waals surface area contributed by atoms with Gasteiger partial charge in [0.2, 0.25) is 0 Å². The minimum Gasteiger partial charge on any atom is -0.466 e. The van der Waals surface area contributed by atoms with Gasteiger partial charge in [-0.2, -0.15) is 0 Å². The molecule has 0 N–H and O–H groups in total. The Morgan fingerprint density at radius 3 is 2.54 bits per heavy atom. The first-order valence-corrected chi connectivity index (χ1v) is 4.85. The summed E-state index contributed by atoms with van der Waals surface area (Å²) in [6.07, 6.45) is 2.91. The smallest absolute Gasteiger partial charge is 0.333 e. The number of carbonyl (C=O) groups is 1. The van der Waals surface area contributed by atoms with Crippen molar-refractivity contribution in [2.24, 2.45) is 17.8 Å². The third-order valence-electron chi connectivity index (χ3n) is 3.18. The molecule has 3 atom stereocenters. The van der Waals surface area contributed by atoms with Crippen molar-refractivity contribution in [3.63, 3.8) is 0 Å². The quantitative estimate of drug-likeness (QED) is 0.582. The fourth-order valence-electron chi connectivity index (χ4n) is 1.87. The van der Waals surface area contributed by atoms with E-state index in [9.17, 15) is 4.79 Å². The molecule has 2 nitrogen and oxygen atoms in total. The summed E-state index contributed by atoms with van der Waals surface area (Å²) in [5, 5.41) is 0. The van der Waals surface area contributed by atoms with Gasteiger partial charge in [0.1, 0.15) is 0 Å². The van der Waals surface area contributed by atoms with Crippen LogP contribution in [0.25, 0.3) is 0 Å². The lowest BCUT2D eigenvalue weighted by Gasteiger charge is -2.29. The van der Waals surface area contributed by atoms with Gasteiger partial charge >= 0.3 is 5.97 Å². The monoisotopic (exact) mass is 182 g/mol. The second-order valence-electron chi connectivity index (χ2n) is 4.08. The van der Waals surface area contributed by atoms with Crippen molar-refractivity contribution in [1.29, 1.82) is 0 Å². The zero-order valence-electron chi connectivity index (χ0n) is 8.83. The molecule has 0 amide bonds. The predicted molar refractivity (Wildman–Crippen MR) is 52.2 cm³/mol. The first kappa shape index (κ1) is 10.3. The number of allylic oxidation sites excluding steroid dienone is 1. The molecule has 13 heavy (non-hydrogen) atoms. The molecule has 0 saturated heterocycles. The zero-order chi connectivity index (χ0) is 10.0. The SMILES string of the molecule is COC(=O)C1=C[C@@H](C)[C@@H](C)C(C)C1. The van der Waals surface area contributed by atoms with E-state index in [2.05, 4.69) is 26.8 Å². The van der Waals surface area contributed by atoms with E-state index in [1.54, 1.807) is 0 Å². The van der Waals surface area contributed by atoms with Gasteiger partial charge in [-0.3, -0.25) is 0 Å². The summed E-state index contributed by atoms with van der Waals surface area (Å²) < 4.78 is 4.71. The van der Waals surface area contributed by atoms with Crippen molar-refractivity contribution in [3.8, 4) is 0 Å². The highest BCUT2D eigenvalue weighted by molar-refractivity contribution is 5.88. The summed E-state index contributed by atoms with van der Waals surface area (Å²) in [6, 6.07) is 0. The molecule has 0 saturated carbocycles.